The number of aryl methyl sites for hydroxylation is 2. The molecule has 2 fully saturated rings. The Balaban J connectivity index is 1.44. The molecule has 0 amide bonds. The van der Waals surface area contributed by atoms with Gasteiger partial charge in [-0.15, -0.1) is 0 Å². The maximum absolute atomic E-state index is 6.19. The average Bonchev–Trinajstić information content (AvgIpc) is 2.69. The normalized spacial score (nSPS) is 29.0. The molecule has 1 saturated heterocycles. The summed E-state index contributed by atoms with van der Waals surface area (Å²) in [4.78, 5) is 0. The number of hydrogen-bond acceptors (Lipinski definition) is 2. The van der Waals surface area contributed by atoms with E-state index < -0.39 is 0 Å². The first kappa shape index (κ1) is 20.9. The predicted molar refractivity (Wildman–Crippen MR) is 113 cm³/mol. The van der Waals surface area contributed by atoms with Crippen LogP contribution in [0.5, 0.6) is 0 Å². The lowest BCUT2D eigenvalue weighted by molar-refractivity contribution is -0.215. The number of ether oxygens (including phenoxy) is 2. The van der Waals surface area contributed by atoms with Crippen molar-refractivity contribution in [3.8, 4) is 0 Å². The van der Waals surface area contributed by atoms with Crippen LogP contribution in [-0.2, 0) is 15.9 Å². The first-order chi connectivity index (χ1) is 13.2. The van der Waals surface area contributed by atoms with Crippen LogP contribution in [0.4, 0.5) is 0 Å². The molecule has 0 bridgehead atoms. The number of unbranched alkanes of at least 4 members (excludes halogenated alkanes) is 2. The standard InChI is InChI=1S/C25H40O2/c1-4-6-7-9-20-10-13-22(14-11-20)23-17-26-25(27-18-23)24-15-12-21(8-5-2)16-19(24)3/h12,15-16,20,22-23,25H,4-11,13-14,17-18H2,1-3H3/t20-,22-,23?,25?. The highest BCUT2D eigenvalue weighted by Crippen LogP contribution is 2.39. The molecular weight excluding hydrogens is 332 g/mol. The second-order valence-corrected chi connectivity index (χ2v) is 8.98. The fourth-order valence-electron chi connectivity index (χ4n) is 5.05. The van der Waals surface area contributed by atoms with E-state index in [2.05, 4.69) is 39.0 Å². The van der Waals surface area contributed by atoms with Gasteiger partial charge in [0.05, 0.1) is 13.2 Å². The third kappa shape index (κ3) is 5.81. The zero-order valence-corrected chi connectivity index (χ0v) is 17.8. The van der Waals surface area contributed by atoms with Crippen molar-refractivity contribution >= 4 is 0 Å². The molecule has 3 rings (SSSR count). The summed E-state index contributed by atoms with van der Waals surface area (Å²) in [5.41, 5.74) is 3.94. The summed E-state index contributed by atoms with van der Waals surface area (Å²) in [6, 6.07) is 6.76. The highest BCUT2D eigenvalue weighted by Gasteiger charge is 2.32. The molecule has 27 heavy (non-hydrogen) atoms. The van der Waals surface area contributed by atoms with E-state index in [1.807, 2.05) is 0 Å². The average molecular weight is 373 g/mol. The van der Waals surface area contributed by atoms with Gasteiger partial charge in [-0.3, -0.25) is 0 Å². The van der Waals surface area contributed by atoms with E-state index in [-0.39, 0.29) is 6.29 Å². The second-order valence-electron chi connectivity index (χ2n) is 8.98. The maximum atomic E-state index is 6.19. The lowest BCUT2D eigenvalue weighted by Gasteiger charge is -2.38. The highest BCUT2D eigenvalue weighted by molar-refractivity contribution is 5.32. The molecule has 152 valence electrons. The number of rotatable bonds is 8. The van der Waals surface area contributed by atoms with Gasteiger partial charge in [0.2, 0.25) is 0 Å². The Labute approximate surface area is 167 Å². The Bertz CT molecular complexity index is 551. The third-order valence-corrected chi connectivity index (χ3v) is 6.82. The quantitative estimate of drug-likeness (QED) is 0.458. The lowest BCUT2D eigenvalue weighted by atomic mass is 9.74. The molecule has 0 unspecified atom stereocenters. The van der Waals surface area contributed by atoms with Crippen LogP contribution < -0.4 is 0 Å². The van der Waals surface area contributed by atoms with Gasteiger partial charge < -0.3 is 9.47 Å². The molecule has 1 aliphatic heterocycles. The van der Waals surface area contributed by atoms with Crippen LogP contribution in [0.3, 0.4) is 0 Å². The van der Waals surface area contributed by atoms with E-state index in [4.69, 9.17) is 9.47 Å². The highest BCUT2D eigenvalue weighted by atomic mass is 16.7. The van der Waals surface area contributed by atoms with E-state index in [1.54, 1.807) is 0 Å². The van der Waals surface area contributed by atoms with Crippen molar-refractivity contribution < 1.29 is 9.47 Å². The van der Waals surface area contributed by atoms with Crippen LogP contribution in [0, 0.1) is 24.7 Å². The van der Waals surface area contributed by atoms with Crippen LogP contribution in [0.25, 0.3) is 0 Å². The van der Waals surface area contributed by atoms with Gasteiger partial charge in [-0.2, -0.15) is 0 Å². The summed E-state index contributed by atoms with van der Waals surface area (Å²) in [5, 5.41) is 0. The minimum absolute atomic E-state index is 0.165. The van der Waals surface area contributed by atoms with E-state index in [0.717, 1.165) is 31.5 Å². The Kier molecular flexibility index (Phi) is 8.21. The van der Waals surface area contributed by atoms with Crippen molar-refractivity contribution in [2.45, 2.75) is 91.3 Å². The summed E-state index contributed by atoms with van der Waals surface area (Å²) in [7, 11) is 0. The van der Waals surface area contributed by atoms with Crippen molar-refractivity contribution in [1.82, 2.24) is 0 Å². The van der Waals surface area contributed by atoms with Crippen molar-refractivity contribution in [3.63, 3.8) is 0 Å². The molecule has 1 aliphatic carbocycles. The van der Waals surface area contributed by atoms with Crippen molar-refractivity contribution in [3.05, 3.63) is 34.9 Å². The lowest BCUT2D eigenvalue weighted by Crippen LogP contribution is -2.34. The fourth-order valence-corrected chi connectivity index (χ4v) is 5.05. The van der Waals surface area contributed by atoms with Crippen LogP contribution in [0.15, 0.2) is 18.2 Å². The molecule has 2 nitrogen and oxygen atoms in total. The van der Waals surface area contributed by atoms with Crippen LogP contribution in [0.1, 0.15) is 94.6 Å². The molecule has 2 aliphatic rings. The first-order valence-electron chi connectivity index (χ1n) is 11.5. The van der Waals surface area contributed by atoms with Crippen LogP contribution >= 0.6 is 0 Å². The SMILES string of the molecule is CCCCC[C@H]1CC[C@H](C2COC(c3ccc(CCC)cc3C)OC2)CC1. The minimum atomic E-state index is -0.165. The van der Waals surface area contributed by atoms with Gasteiger partial charge in [0, 0.05) is 11.5 Å². The fraction of sp³-hybridized carbons (Fsp3) is 0.760. The molecule has 1 heterocycles. The monoisotopic (exact) mass is 372 g/mol. The van der Waals surface area contributed by atoms with E-state index in [1.165, 1.54) is 74.5 Å². The minimum Gasteiger partial charge on any atom is -0.348 e. The van der Waals surface area contributed by atoms with E-state index >= 15 is 0 Å². The Hall–Kier alpha value is -0.860. The Morgan fingerprint density at radius 2 is 1.63 bits per heavy atom. The molecule has 2 heteroatoms. The van der Waals surface area contributed by atoms with Gasteiger partial charge in [-0.1, -0.05) is 77.0 Å². The molecule has 1 aromatic carbocycles. The first-order valence-corrected chi connectivity index (χ1v) is 11.5. The summed E-state index contributed by atoms with van der Waals surface area (Å²) in [6.07, 6.45) is 13.4. The molecular formula is C25H40O2. The zero-order valence-electron chi connectivity index (χ0n) is 17.8. The van der Waals surface area contributed by atoms with Crippen LogP contribution in [0.2, 0.25) is 0 Å². The summed E-state index contributed by atoms with van der Waals surface area (Å²) in [5.74, 6) is 2.38. The van der Waals surface area contributed by atoms with Gasteiger partial charge in [-0.05, 0) is 49.1 Å². The van der Waals surface area contributed by atoms with Gasteiger partial charge in [0.25, 0.3) is 0 Å². The van der Waals surface area contributed by atoms with Gasteiger partial charge >= 0.3 is 0 Å². The van der Waals surface area contributed by atoms with Gasteiger partial charge in [0.1, 0.15) is 0 Å². The molecule has 0 radical (unpaired) electrons. The molecule has 0 spiro atoms. The third-order valence-electron chi connectivity index (χ3n) is 6.82. The molecule has 0 atom stereocenters. The van der Waals surface area contributed by atoms with Crippen molar-refractivity contribution in [2.75, 3.05) is 13.2 Å². The van der Waals surface area contributed by atoms with Crippen LogP contribution in [-0.4, -0.2) is 13.2 Å². The molecule has 1 saturated carbocycles. The summed E-state index contributed by atoms with van der Waals surface area (Å²) >= 11 is 0. The Morgan fingerprint density at radius 1 is 0.889 bits per heavy atom. The van der Waals surface area contributed by atoms with Crippen molar-refractivity contribution in [1.29, 1.82) is 0 Å². The summed E-state index contributed by atoms with van der Waals surface area (Å²) < 4.78 is 12.4. The molecule has 0 N–H and O–H groups in total. The topological polar surface area (TPSA) is 18.5 Å². The maximum Gasteiger partial charge on any atom is 0.184 e. The van der Waals surface area contributed by atoms with E-state index in [0.29, 0.717) is 5.92 Å². The summed E-state index contributed by atoms with van der Waals surface area (Å²) in [6.45, 7) is 8.45. The largest absolute Gasteiger partial charge is 0.348 e. The van der Waals surface area contributed by atoms with Crippen molar-refractivity contribution in [2.24, 2.45) is 17.8 Å². The van der Waals surface area contributed by atoms with Gasteiger partial charge in [-0.25, -0.2) is 0 Å². The molecule has 0 aromatic heterocycles. The number of hydrogen-bond donors (Lipinski definition) is 0. The molecule has 1 aromatic rings. The van der Waals surface area contributed by atoms with Gasteiger partial charge in [0.15, 0.2) is 6.29 Å². The Morgan fingerprint density at radius 3 is 2.26 bits per heavy atom. The predicted octanol–water partition coefficient (Wildman–Crippen LogP) is 7.00. The second kappa shape index (κ2) is 10.6. The van der Waals surface area contributed by atoms with E-state index in [9.17, 15) is 0 Å². The smallest absolute Gasteiger partial charge is 0.184 e. The zero-order chi connectivity index (χ0) is 19.1. The number of benzene rings is 1.